The first-order valence-corrected chi connectivity index (χ1v) is 12.0. The van der Waals surface area contributed by atoms with Crippen LogP contribution in [0.1, 0.15) is 16.7 Å². The number of nitrogens with one attached hydrogen (secondary N) is 2. The number of benzene rings is 3. The van der Waals surface area contributed by atoms with E-state index in [0.29, 0.717) is 22.6 Å². The van der Waals surface area contributed by atoms with E-state index in [9.17, 15) is 24.6 Å². The molecule has 4 atom stereocenters. The molecule has 0 radical (unpaired) electrons. The highest BCUT2D eigenvalue weighted by molar-refractivity contribution is 6.15. The number of hydrogen-bond acceptors (Lipinski definition) is 7. The minimum atomic E-state index is -1.40. The lowest BCUT2D eigenvalue weighted by atomic mass is 9.76. The number of phenolic OH excluding ortho intramolecular Hbond substituents is 2. The molecule has 0 aliphatic carbocycles. The van der Waals surface area contributed by atoms with Crippen molar-refractivity contribution < 1.29 is 29.3 Å². The number of phenols is 2. The predicted octanol–water partition coefficient (Wildman–Crippen LogP) is 2.27. The molecule has 1 spiro atoms. The van der Waals surface area contributed by atoms with Crippen LogP contribution in [0.2, 0.25) is 0 Å². The number of nitrogens with zero attached hydrogens (tertiary/aromatic N) is 1. The van der Waals surface area contributed by atoms with Crippen molar-refractivity contribution in [3.63, 3.8) is 0 Å². The van der Waals surface area contributed by atoms with Gasteiger partial charge < -0.3 is 20.3 Å². The van der Waals surface area contributed by atoms with E-state index in [1.807, 2.05) is 0 Å². The Balaban J connectivity index is 1.41. The Bertz CT molecular complexity index is 1440. The van der Waals surface area contributed by atoms with Crippen LogP contribution in [0.4, 0.5) is 5.69 Å². The molecule has 0 saturated carbocycles. The first-order chi connectivity index (χ1) is 17.8. The summed E-state index contributed by atoms with van der Waals surface area (Å²) in [5, 5.41) is 26.0. The summed E-state index contributed by atoms with van der Waals surface area (Å²) in [5.74, 6) is -2.70. The molecule has 37 heavy (non-hydrogen) atoms. The summed E-state index contributed by atoms with van der Waals surface area (Å²) >= 11 is 0. The van der Waals surface area contributed by atoms with Crippen LogP contribution < -0.4 is 15.4 Å². The van der Waals surface area contributed by atoms with Crippen LogP contribution in [0, 0.1) is 11.8 Å². The Kier molecular flexibility index (Phi) is 5.20. The number of para-hydroxylation sites is 1. The van der Waals surface area contributed by atoms with Crippen LogP contribution in [0.3, 0.4) is 0 Å². The number of anilines is 1. The first kappa shape index (κ1) is 23.1. The lowest BCUT2D eigenvalue weighted by Gasteiger charge is -2.29. The van der Waals surface area contributed by atoms with Gasteiger partial charge in [0.25, 0.3) is 0 Å². The second kappa shape index (κ2) is 8.35. The van der Waals surface area contributed by atoms with Gasteiger partial charge in [-0.3, -0.25) is 24.6 Å². The molecule has 4 N–H and O–H groups in total. The molecule has 6 rings (SSSR count). The molecule has 0 aromatic heterocycles. The molecule has 3 aliphatic heterocycles. The fourth-order valence-electron chi connectivity index (χ4n) is 6.01. The number of likely N-dealkylation sites (tertiary alicyclic amines) is 1. The largest absolute Gasteiger partial charge is 0.504 e. The molecule has 9 heteroatoms. The van der Waals surface area contributed by atoms with Gasteiger partial charge in [0.15, 0.2) is 11.5 Å². The molecule has 9 nitrogen and oxygen atoms in total. The Morgan fingerprint density at radius 3 is 2.38 bits per heavy atom. The number of aromatic hydroxyl groups is 2. The number of amides is 3. The van der Waals surface area contributed by atoms with E-state index in [0.717, 1.165) is 5.56 Å². The van der Waals surface area contributed by atoms with Crippen molar-refractivity contribution >= 4 is 23.4 Å². The lowest BCUT2D eigenvalue weighted by Crippen LogP contribution is -2.53. The Hall–Kier alpha value is -4.37. The molecule has 3 aromatic rings. The average Bonchev–Trinajstić information content (AvgIpc) is 3.47. The number of ether oxygens (including phenoxy) is 1. The van der Waals surface area contributed by atoms with Gasteiger partial charge in [0.1, 0.15) is 11.3 Å². The fraction of sp³-hybridized carbons (Fsp3) is 0.250. The molecule has 188 valence electrons. The maximum absolute atomic E-state index is 13.9. The molecular weight excluding hydrogens is 474 g/mol. The summed E-state index contributed by atoms with van der Waals surface area (Å²) in [5.41, 5.74) is 1.27. The standard InChI is InChI=1S/C28H25N3O6/c1-37-17-9-6-15(7-10-17)14-31-25(34)23-20(12-16-8-11-21(32)22(33)13-16)30-28(24(23)26(31)35)18-4-2-3-5-19(18)29-27(28)36/h2-11,13,20,23-24,30,32-33H,12,14H2,1H3,(H,29,36). The molecule has 2 fully saturated rings. The minimum absolute atomic E-state index is 0.0841. The molecule has 2 saturated heterocycles. The van der Waals surface area contributed by atoms with Crippen LogP contribution in [0.15, 0.2) is 66.7 Å². The molecule has 4 unspecified atom stereocenters. The fourth-order valence-corrected chi connectivity index (χ4v) is 6.01. The molecule has 0 bridgehead atoms. The highest BCUT2D eigenvalue weighted by Gasteiger charge is 2.70. The Morgan fingerprint density at radius 2 is 1.65 bits per heavy atom. The van der Waals surface area contributed by atoms with Crippen molar-refractivity contribution in [3.05, 3.63) is 83.4 Å². The predicted molar refractivity (Wildman–Crippen MR) is 133 cm³/mol. The number of carbonyl (C=O) groups is 3. The highest BCUT2D eigenvalue weighted by atomic mass is 16.5. The van der Waals surface area contributed by atoms with E-state index in [-0.39, 0.29) is 36.3 Å². The zero-order chi connectivity index (χ0) is 25.9. The van der Waals surface area contributed by atoms with Crippen molar-refractivity contribution in [1.82, 2.24) is 10.2 Å². The summed E-state index contributed by atoms with van der Waals surface area (Å²) < 4.78 is 5.20. The van der Waals surface area contributed by atoms with Gasteiger partial charge in [-0.1, -0.05) is 36.4 Å². The molecular formula is C28H25N3O6. The third-order valence-corrected chi connectivity index (χ3v) is 7.71. The third-order valence-electron chi connectivity index (χ3n) is 7.71. The van der Waals surface area contributed by atoms with E-state index < -0.39 is 29.3 Å². The third kappa shape index (κ3) is 3.38. The Morgan fingerprint density at radius 1 is 0.919 bits per heavy atom. The van der Waals surface area contributed by atoms with Gasteiger partial charge in [-0.25, -0.2) is 0 Å². The highest BCUT2D eigenvalue weighted by Crippen LogP contribution is 2.53. The van der Waals surface area contributed by atoms with E-state index in [2.05, 4.69) is 10.6 Å². The second-order valence-corrected chi connectivity index (χ2v) is 9.70. The van der Waals surface area contributed by atoms with Crippen LogP contribution >= 0.6 is 0 Å². The van der Waals surface area contributed by atoms with Gasteiger partial charge in [-0.2, -0.15) is 0 Å². The van der Waals surface area contributed by atoms with Gasteiger partial charge in [-0.15, -0.1) is 0 Å². The van der Waals surface area contributed by atoms with Crippen LogP contribution in [-0.2, 0) is 32.9 Å². The van der Waals surface area contributed by atoms with Crippen LogP contribution in [0.5, 0.6) is 17.2 Å². The number of methoxy groups -OCH3 is 1. The summed E-state index contributed by atoms with van der Waals surface area (Å²) in [6.45, 7) is 0.0841. The van der Waals surface area contributed by atoms with Gasteiger partial charge in [0, 0.05) is 17.3 Å². The second-order valence-electron chi connectivity index (χ2n) is 9.70. The van der Waals surface area contributed by atoms with E-state index in [1.165, 1.54) is 17.0 Å². The molecule has 3 amide bonds. The summed E-state index contributed by atoms with van der Waals surface area (Å²) in [7, 11) is 1.56. The number of fused-ring (bicyclic) bond motifs is 4. The smallest absolute Gasteiger partial charge is 0.250 e. The number of hydrogen-bond donors (Lipinski definition) is 4. The van der Waals surface area contributed by atoms with Gasteiger partial charge in [-0.05, 0) is 47.9 Å². The number of imide groups is 1. The van der Waals surface area contributed by atoms with Crippen molar-refractivity contribution in [3.8, 4) is 17.2 Å². The van der Waals surface area contributed by atoms with Crippen molar-refractivity contribution in [2.75, 3.05) is 12.4 Å². The Labute approximate surface area is 212 Å². The zero-order valence-electron chi connectivity index (χ0n) is 20.0. The van der Waals surface area contributed by atoms with E-state index in [1.54, 1.807) is 61.7 Å². The van der Waals surface area contributed by atoms with Gasteiger partial charge in [0.05, 0.1) is 25.5 Å². The SMILES string of the molecule is COc1ccc(CN2C(=O)C3C(Cc4ccc(O)c(O)c4)NC4(C(=O)Nc5ccccc54)C3C2=O)cc1. The van der Waals surface area contributed by atoms with Crippen molar-refractivity contribution in [2.45, 2.75) is 24.5 Å². The molecule has 3 aromatic carbocycles. The number of rotatable bonds is 5. The average molecular weight is 500 g/mol. The van der Waals surface area contributed by atoms with Gasteiger partial charge in [0.2, 0.25) is 17.7 Å². The monoisotopic (exact) mass is 499 g/mol. The van der Waals surface area contributed by atoms with Crippen LogP contribution in [0.25, 0.3) is 0 Å². The van der Waals surface area contributed by atoms with Gasteiger partial charge >= 0.3 is 0 Å². The van der Waals surface area contributed by atoms with E-state index >= 15 is 0 Å². The minimum Gasteiger partial charge on any atom is -0.504 e. The summed E-state index contributed by atoms with van der Waals surface area (Å²) in [6.07, 6.45) is 0.265. The topological polar surface area (TPSA) is 128 Å². The maximum Gasteiger partial charge on any atom is 0.250 e. The normalized spacial score (nSPS) is 25.9. The lowest BCUT2D eigenvalue weighted by molar-refractivity contribution is -0.143. The zero-order valence-corrected chi connectivity index (χ0v) is 20.0. The maximum atomic E-state index is 13.9. The van der Waals surface area contributed by atoms with Crippen molar-refractivity contribution in [1.29, 1.82) is 0 Å². The summed E-state index contributed by atoms with van der Waals surface area (Å²) in [6, 6.07) is 18.2. The summed E-state index contributed by atoms with van der Waals surface area (Å²) in [4.78, 5) is 42.5. The van der Waals surface area contributed by atoms with Crippen LogP contribution in [-0.4, -0.2) is 46.0 Å². The first-order valence-electron chi connectivity index (χ1n) is 12.0. The number of carbonyl (C=O) groups excluding carboxylic acids is 3. The van der Waals surface area contributed by atoms with E-state index in [4.69, 9.17) is 4.74 Å². The molecule has 3 heterocycles. The quantitative estimate of drug-likeness (QED) is 0.313. The van der Waals surface area contributed by atoms with Crippen molar-refractivity contribution in [2.24, 2.45) is 11.8 Å². The molecule has 3 aliphatic rings.